The molecule has 186 valence electrons. The number of nitrogens with zero attached hydrogens (tertiary/aromatic N) is 5. The van der Waals surface area contributed by atoms with Crippen LogP contribution in [0.2, 0.25) is 0 Å². The number of imidazole rings is 1. The Balaban J connectivity index is 1.68. The molecule has 0 spiro atoms. The molecular formula is C28H37N5O2. The van der Waals surface area contributed by atoms with Crippen LogP contribution >= 0.6 is 0 Å². The second-order valence-corrected chi connectivity index (χ2v) is 9.89. The molecule has 0 unspecified atom stereocenters. The van der Waals surface area contributed by atoms with Crippen LogP contribution in [-0.2, 0) is 17.9 Å². The molecule has 1 aliphatic rings. The van der Waals surface area contributed by atoms with Crippen molar-refractivity contribution in [2.45, 2.75) is 46.7 Å². The highest BCUT2D eigenvalue weighted by Crippen LogP contribution is 2.26. The fraction of sp³-hybridized carbons (Fsp3) is 0.464. The van der Waals surface area contributed by atoms with Crippen LogP contribution < -0.4 is 4.90 Å². The standard InChI is InChI=1S/C28H37N5O2/c1-5-31-20-29-24-18-22(11-12-26(24)31)28(35)32-16-15-30(4)13-8-14-33(27(34)17-21(2)3)25-10-7-6-9-23(25)19-32/h6-7,9-12,18,20-21H,5,8,13-17,19H2,1-4H3. The maximum atomic E-state index is 13.7. The van der Waals surface area contributed by atoms with Gasteiger partial charge in [0.15, 0.2) is 0 Å². The molecule has 0 atom stereocenters. The summed E-state index contributed by atoms with van der Waals surface area (Å²) in [4.78, 5) is 37.5. The number of aryl methyl sites for hydroxylation is 1. The van der Waals surface area contributed by atoms with Crippen molar-refractivity contribution in [3.63, 3.8) is 0 Å². The highest BCUT2D eigenvalue weighted by atomic mass is 16.2. The first-order valence-electron chi connectivity index (χ1n) is 12.7. The maximum Gasteiger partial charge on any atom is 0.254 e. The summed E-state index contributed by atoms with van der Waals surface area (Å²) in [5, 5.41) is 0. The molecule has 3 aromatic rings. The number of carbonyl (C=O) groups is 2. The van der Waals surface area contributed by atoms with Crippen LogP contribution in [0.1, 0.15) is 49.5 Å². The Kier molecular flexibility index (Phi) is 7.86. The molecule has 2 amide bonds. The van der Waals surface area contributed by atoms with E-state index in [2.05, 4.69) is 42.3 Å². The van der Waals surface area contributed by atoms with Gasteiger partial charge >= 0.3 is 0 Å². The SMILES string of the molecule is CCn1cnc2cc(C(=O)N3CCN(C)CCCN(C(=O)CC(C)C)c4ccccc4C3)ccc21. The van der Waals surface area contributed by atoms with Crippen molar-refractivity contribution in [1.82, 2.24) is 19.4 Å². The number of anilines is 1. The highest BCUT2D eigenvalue weighted by molar-refractivity contribution is 5.98. The van der Waals surface area contributed by atoms with Gasteiger partial charge < -0.3 is 19.3 Å². The molecular weight excluding hydrogens is 438 g/mol. The van der Waals surface area contributed by atoms with Gasteiger partial charge in [-0.25, -0.2) is 4.98 Å². The topological polar surface area (TPSA) is 61.7 Å². The second kappa shape index (κ2) is 11.0. The number of rotatable bonds is 4. The Bertz CT molecular complexity index is 1190. The van der Waals surface area contributed by atoms with Crippen molar-refractivity contribution in [3.8, 4) is 0 Å². The summed E-state index contributed by atoms with van der Waals surface area (Å²) >= 11 is 0. The summed E-state index contributed by atoms with van der Waals surface area (Å²) in [5.74, 6) is 0.421. The summed E-state index contributed by atoms with van der Waals surface area (Å²) in [6, 6.07) is 13.8. The van der Waals surface area contributed by atoms with Crippen LogP contribution in [0.15, 0.2) is 48.8 Å². The minimum atomic E-state index is -0.0135. The Morgan fingerprint density at radius 1 is 1.03 bits per heavy atom. The molecule has 1 aliphatic heterocycles. The van der Waals surface area contributed by atoms with E-state index in [0.29, 0.717) is 37.5 Å². The van der Waals surface area contributed by atoms with Crippen LogP contribution in [-0.4, -0.2) is 64.4 Å². The predicted octanol–water partition coefficient (Wildman–Crippen LogP) is 4.41. The molecule has 0 fully saturated rings. The maximum absolute atomic E-state index is 13.7. The number of benzene rings is 2. The van der Waals surface area contributed by atoms with E-state index in [0.717, 1.165) is 48.3 Å². The minimum Gasteiger partial charge on any atom is -0.333 e. The molecule has 2 heterocycles. The molecule has 1 aromatic heterocycles. The number of fused-ring (bicyclic) bond motifs is 2. The fourth-order valence-corrected chi connectivity index (χ4v) is 4.74. The van der Waals surface area contributed by atoms with Crippen molar-refractivity contribution in [1.29, 1.82) is 0 Å². The largest absolute Gasteiger partial charge is 0.333 e. The highest BCUT2D eigenvalue weighted by Gasteiger charge is 2.24. The average Bonchev–Trinajstić information content (AvgIpc) is 3.25. The van der Waals surface area contributed by atoms with Gasteiger partial charge in [-0.05, 0) is 62.7 Å². The number of amides is 2. The van der Waals surface area contributed by atoms with Gasteiger partial charge in [-0.2, -0.15) is 0 Å². The molecule has 35 heavy (non-hydrogen) atoms. The normalized spacial score (nSPS) is 15.8. The number of aromatic nitrogens is 2. The Labute approximate surface area is 208 Å². The Morgan fingerprint density at radius 2 is 1.83 bits per heavy atom. The second-order valence-electron chi connectivity index (χ2n) is 9.89. The fourth-order valence-electron chi connectivity index (χ4n) is 4.74. The van der Waals surface area contributed by atoms with Crippen LogP contribution in [0.4, 0.5) is 5.69 Å². The van der Waals surface area contributed by atoms with Gasteiger partial charge in [0, 0.05) is 50.4 Å². The van der Waals surface area contributed by atoms with Crippen molar-refractivity contribution < 1.29 is 9.59 Å². The Hall–Kier alpha value is -3.19. The van der Waals surface area contributed by atoms with Gasteiger partial charge in [-0.1, -0.05) is 32.0 Å². The Morgan fingerprint density at radius 3 is 2.60 bits per heavy atom. The first-order valence-corrected chi connectivity index (χ1v) is 12.7. The van der Waals surface area contributed by atoms with Gasteiger partial charge in [0.1, 0.15) is 0 Å². The van der Waals surface area contributed by atoms with E-state index < -0.39 is 0 Å². The zero-order valence-corrected chi connectivity index (χ0v) is 21.4. The zero-order valence-electron chi connectivity index (χ0n) is 21.4. The third-order valence-corrected chi connectivity index (χ3v) is 6.70. The summed E-state index contributed by atoms with van der Waals surface area (Å²) < 4.78 is 2.07. The smallest absolute Gasteiger partial charge is 0.254 e. The zero-order chi connectivity index (χ0) is 24.9. The molecule has 0 N–H and O–H groups in total. The number of carbonyl (C=O) groups excluding carboxylic acids is 2. The third-order valence-electron chi connectivity index (χ3n) is 6.70. The van der Waals surface area contributed by atoms with E-state index in [1.165, 1.54) is 0 Å². The molecule has 0 aliphatic carbocycles. The monoisotopic (exact) mass is 475 g/mol. The predicted molar refractivity (Wildman–Crippen MR) is 141 cm³/mol. The quantitative estimate of drug-likeness (QED) is 0.561. The van der Waals surface area contributed by atoms with E-state index in [1.807, 2.05) is 58.6 Å². The van der Waals surface area contributed by atoms with Gasteiger partial charge in [0.25, 0.3) is 5.91 Å². The van der Waals surface area contributed by atoms with E-state index in [1.54, 1.807) is 0 Å². The summed E-state index contributed by atoms with van der Waals surface area (Å²) in [7, 11) is 2.08. The lowest BCUT2D eigenvalue weighted by Crippen LogP contribution is -2.37. The molecule has 2 aromatic carbocycles. The van der Waals surface area contributed by atoms with Crippen LogP contribution in [0.5, 0.6) is 0 Å². The molecule has 0 saturated carbocycles. The first-order chi connectivity index (χ1) is 16.9. The summed E-state index contributed by atoms with van der Waals surface area (Å²) in [6.07, 6.45) is 3.22. The minimum absolute atomic E-state index is 0.0135. The lowest BCUT2D eigenvalue weighted by molar-refractivity contribution is -0.119. The molecule has 0 saturated heterocycles. The third kappa shape index (κ3) is 5.73. The van der Waals surface area contributed by atoms with Crippen LogP contribution in [0, 0.1) is 5.92 Å². The number of para-hydroxylation sites is 1. The van der Waals surface area contributed by atoms with Gasteiger partial charge in [0.05, 0.1) is 17.4 Å². The average molecular weight is 476 g/mol. The van der Waals surface area contributed by atoms with Crippen LogP contribution in [0.3, 0.4) is 0 Å². The lowest BCUT2D eigenvalue weighted by atomic mass is 10.1. The van der Waals surface area contributed by atoms with Gasteiger partial charge in [0.2, 0.25) is 5.91 Å². The van der Waals surface area contributed by atoms with Crippen molar-refractivity contribution in [2.75, 3.05) is 38.1 Å². The van der Waals surface area contributed by atoms with Crippen LogP contribution in [0.25, 0.3) is 11.0 Å². The number of hydrogen-bond acceptors (Lipinski definition) is 4. The molecule has 7 nitrogen and oxygen atoms in total. The van der Waals surface area contributed by atoms with Crippen molar-refractivity contribution in [3.05, 3.63) is 59.9 Å². The number of hydrogen-bond donors (Lipinski definition) is 0. The lowest BCUT2D eigenvalue weighted by Gasteiger charge is -2.28. The van der Waals surface area contributed by atoms with E-state index in [4.69, 9.17) is 0 Å². The van der Waals surface area contributed by atoms with Gasteiger partial charge in [-0.15, -0.1) is 0 Å². The molecule has 0 radical (unpaired) electrons. The van der Waals surface area contributed by atoms with E-state index in [9.17, 15) is 9.59 Å². The molecule has 0 bridgehead atoms. The summed E-state index contributed by atoms with van der Waals surface area (Å²) in [5.41, 5.74) is 4.42. The van der Waals surface area contributed by atoms with E-state index >= 15 is 0 Å². The van der Waals surface area contributed by atoms with E-state index in [-0.39, 0.29) is 11.8 Å². The van der Waals surface area contributed by atoms with Gasteiger partial charge in [-0.3, -0.25) is 9.59 Å². The van der Waals surface area contributed by atoms with Crippen molar-refractivity contribution in [2.24, 2.45) is 5.92 Å². The summed E-state index contributed by atoms with van der Waals surface area (Å²) in [6.45, 7) is 10.5. The first kappa shape index (κ1) is 24.9. The molecule has 4 rings (SSSR count). The molecule has 7 heteroatoms. The number of likely N-dealkylation sites (N-methyl/N-ethyl adjacent to an activating group) is 1. The van der Waals surface area contributed by atoms with Crippen molar-refractivity contribution >= 4 is 28.5 Å².